The molecule has 4 aliphatic carbocycles. The Bertz CT molecular complexity index is 4150. The lowest BCUT2D eigenvalue weighted by molar-refractivity contribution is -0.660. The molecular weight excluding hydrogens is 919 g/mol. The van der Waals surface area contributed by atoms with Gasteiger partial charge in [-0.05, 0) is 210 Å². The van der Waals surface area contributed by atoms with Crippen LogP contribution in [0, 0.1) is 46.7 Å². The zero-order valence-electron chi connectivity index (χ0n) is 55.9. The summed E-state index contributed by atoms with van der Waals surface area (Å²) in [4.78, 5) is 0. The lowest BCUT2D eigenvalue weighted by Gasteiger charge is -2.20. The van der Waals surface area contributed by atoms with Crippen molar-refractivity contribution in [1.29, 1.82) is 0 Å². The van der Waals surface area contributed by atoms with Gasteiger partial charge in [-0.2, -0.15) is 0 Å². The van der Waals surface area contributed by atoms with Crippen molar-refractivity contribution in [3.8, 4) is 67.2 Å². The summed E-state index contributed by atoms with van der Waals surface area (Å²) in [5.41, 5.74) is 28.9. The Balaban J connectivity index is 0.000000135. The van der Waals surface area contributed by atoms with E-state index in [1.807, 2.05) is 53.7 Å². The molecule has 9 aromatic rings. The third-order valence-corrected chi connectivity index (χ3v) is 16.7. The number of pyridine rings is 3. The number of aryl methyl sites for hydroxylation is 6. The molecule has 382 valence electrons. The van der Waals surface area contributed by atoms with Crippen molar-refractivity contribution in [3.05, 3.63) is 230 Å². The molecule has 3 aromatic heterocycles. The van der Waals surface area contributed by atoms with Gasteiger partial charge in [-0.3, -0.25) is 0 Å². The molecule has 0 amide bonds. The Kier molecular flexibility index (Phi) is 10.7. The van der Waals surface area contributed by atoms with Gasteiger partial charge in [0, 0.05) is 65.8 Å². The van der Waals surface area contributed by atoms with E-state index in [1.165, 1.54) is 89.1 Å². The highest BCUT2D eigenvalue weighted by Crippen LogP contribution is 2.45. The SMILES string of the molecule is [2H]C([2H])([2H])c1c[n+](C)c(-c2ccc3c(c2C)Cc2ccccc2-3)cc1C1([2H])CCCC1.[2H]C([2H])([2H])c1c[n+](C)c(-c2ccc3c(c2C)Cc2ccccc2-3)cc1CC(C)(C)C.[2H]C([2H])([2H])c1ccc2c(c1)Cc1c-2ccc(-c2cccc[n+]2C)c1C. The van der Waals surface area contributed by atoms with E-state index < -0.39 is 26.4 Å². The second-order valence-electron chi connectivity index (χ2n) is 23.1. The predicted molar refractivity (Wildman–Crippen MR) is 317 cm³/mol. The number of aromatic nitrogens is 3. The third kappa shape index (κ3) is 9.57. The second kappa shape index (κ2) is 20.4. The van der Waals surface area contributed by atoms with Crippen LogP contribution in [0.4, 0.5) is 0 Å². The quantitative estimate of drug-likeness (QED) is 0.152. The second-order valence-corrected chi connectivity index (χ2v) is 23.1. The first-order chi connectivity index (χ1) is 40.5. The predicted octanol–water partition coefficient (Wildman–Crippen LogP) is 16.3. The van der Waals surface area contributed by atoms with E-state index in [1.54, 1.807) is 12.3 Å². The first-order valence-electron chi connectivity index (χ1n) is 32.2. The van der Waals surface area contributed by atoms with E-state index in [9.17, 15) is 0 Å². The fraction of sp³-hybridized carbons (Fsp3) is 0.301. The monoisotopic (exact) mass is 1010 g/mol. The van der Waals surface area contributed by atoms with Crippen LogP contribution in [0.3, 0.4) is 0 Å². The van der Waals surface area contributed by atoms with E-state index in [4.69, 9.17) is 13.7 Å². The van der Waals surface area contributed by atoms with Crippen molar-refractivity contribution >= 4 is 0 Å². The molecule has 0 bridgehead atoms. The topological polar surface area (TPSA) is 11.6 Å². The van der Waals surface area contributed by atoms with Crippen LogP contribution < -0.4 is 13.7 Å². The highest BCUT2D eigenvalue weighted by Gasteiger charge is 2.29. The van der Waals surface area contributed by atoms with Crippen molar-refractivity contribution in [2.75, 3.05) is 0 Å². The minimum Gasteiger partial charge on any atom is -0.201 e. The maximum atomic E-state index is 9.08. The minimum atomic E-state index is -2.23. The summed E-state index contributed by atoms with van der Waals surface area (Å²) in [5.74, 6) is -0.812. The number of benzene rings is 6. The Morgan fingerprint density at radius 3 is 1.49 bits per heavy atom. The van der Waals surface area contributed by atoms with Gasteiger partial charge in [0.2, 0.25) is 17.1 Å². The van der Waals surface area contributed by atoms with Gasteiger partial charge in [-0.25, -0.2) is 13.7 Å². The third-order valence-electron chi connectivity index (χ3n) is 16.7. The minimum absolute atomic E-state index is 0.00577. The Labute approximate surface area is 468 Å². The van der Waals surface area contributed by atoms with Gasteiger partial charge in [0.05, 0.1) is 0 Å². The zero-order valence-corrected chi connectivity index (χ0v) is 45.9. The van der Waals surface area contributed by atoms with Crippen LogP contribution in [0.1, 0.15) is 144 Å². The van der Waals surface area contributed by atoms with E-state index in [2.05, 4.69) is 162 Å². The molecule has 13 rings (SSSR count). The summed E-state index contributed by atoms with van der Waals surface area (Å²) in [6, 6.07) is 46.2. The fourth-order valence-corrected chi connectivity index (χ4v) is 12.8. The molecule has 1 saturated carbocycles. The molecule has 0 atom stereocenters. The van der Waals surface area contributed by atoms with Gasteiger partial charge in [-0.1, -0.05) is 124 Å². The molecule has 0 radical (unpaired) electrons. The Morgan fingerprint density at radius 2 is 0.947 bits per heavy atom. The Hall–Kier alpha value is -7.23. The maximum absolute atomic E-state index is 9.08. The van der Waals surface area contributed by atoms with Gasteiger partial charge < -0.3 is 0 Å². The molecule has 0 N–H and O–H groups in total. The van der Waals surface area contributed by atoms with Crippen molar-refractivity contribution < 1.29 is 27.4 Å². The van der Waals surface area contributed by atoms with Gasteiger partial charge in [0.25, 0.3) is 0 Å². The summed E-state index contributed by atoms with van der Waals surface area (Å²) in [6.07, 6.45) is 12.4. The van der Waals surface area contributed by atoms with E-state index in [0.717, 1.165) is 85.0 Å². The van der Waals surface area contributed by atoms with E-state index in [-0.39, 0.29) is 5.41 Å². The van der Waals surface area contributed by atoms with Crippen molar-refractivity contribution in [2.45, 2.75) is 119 Å². The number of nitrogens with zero attached hydrogens (tertiary/aromatic N) is 3. The molecule has 1 fully saturated rings. The van der Waals surface area contributed by atoms with Crippen molar-refractivity contribution in [3.63, 3.8) is 0 Å². The lowest BCUT2D eigenvalue weighted by Crippen LogP contribution is -2.32. The first-order valence-corrected chi connectivity index (χ1v) is 27.2. The standard InChI is InChI=1S/C26H28N.C26H30N.C21H20N/c1-17-16-27(3)26(15-24(17)19-8-4-5-9-19)21-12-13-23-22-11-7-6-10-20(22)14-25(23)18(21)2;1-17-16-27(6)25(14-20(17)15-26(3,4)5)21-11-12-23-22-10-8-7-9-19(22)13-24(23)18(21)2;1-14-7-8-18-16(12-14)13-20-15(2)17(9-10-19(18)20)21-6-4-5-11-22(21)3/h6-7,10-13,15-16,19H,4-5,8-9,14H2,1-3H3;7-12,14,16H,13,15H2,1-6H3;4-12H,13H2,1-3H3/q3*+1/i1D3,19D;2*1D3. The molecule has 3 nitrogen and oxygen atoms in total. The van der Waals surface area contributed by atoms with Crippen molar-refractivity contribution in [2.24, 2.45) is 26.6 Å². The molecule has 76 heavy (non-hydrogen) atoms. The van der Waals surface area contributed by atoms with Gasteiger partial charge >= 0.3 is 0 Å². The molecule has 6 aromatic carbocycles. The summed E-state index contributed by atoms with van der Waals surface area (Å²) < 4.78 is 86.4. The Morgan fingerprint density at radius 1 is 0.474 bits per heavy atom. The smallest absolute Gasteiger partial charge is 0.201 e. The number of hydrogen-bond donors (Lipinski definition) is 0. The van der Waals surface area contributed by atoms with Crippen LogP contribution in [0.25, 0.3) is 67.2 Å². The number of rotatable bonds is 5. The summed E-state index contributed by atoms with van der Waals surface area (Å²) in [6.45, 7) is 6.59. The van der Waals surface area contributed by atoms with Crippen LogP contribution in [0.15, 0.2) is 152 Å². The summed E-state index contributed by atoms with van der Waals surface area (Å²) in [7, 11) is 5.92. The summed E-state index contributed by atoms with van der Waals surface area (Å²) >= 11 is 0. The largest absolute Gasteiger partial charge is 0.212 e. The molecule has 0 unspecified atom stereocenters. The molecule has 0 spiro atoms. The van der Waals surface area contributed by atoms with E-state index in [0.29, 0.717) is 22.3 Å². The van der Waals surface area contributed by atoms with Gasteiger partial charge in [0.1, 0.15) is 21.1 Å². The van der Waals surface area contributed by atoms with E-state index >= 15 is 0 Å². The summed E-state index contributed by atoms with van der Waals surface area (Å²) in [5, 5.41) is 0. The average Bonchev–Trinajstić information content (AvgIpc) is 1.48. The molecule has 3 heteroatoms. The first kappa shape index (κ1) is 40.1. The van der Waals surface area contributed by atoms with Crippen molar-refractivity contribution in [1.82, 2.24) is 0 Å². The van der Waals surface area contributed by atoms with Crippen LogP contribution in [-0.2, 0) is 46.8 Å². The zero-order chi connectivity index (χ0) is 61.6. The van der Waals surface area contributed by atoms with Crippen LogP contribution in [0.2, 0.25) is 0 Å². The molecular formula is C73H78N3+3. The van der Waals surface area contributed by atoms with Gasteiger partial charge in [0.15, 0.2) is 18.6 Å². The maximum Gasteiger partial charge on any atom is 0.212 e. The molecule has 0 saturated heterocycles. The highest BCUT2D eigenvalue weighted by atomic mass is 14.9. The van der Waals surface area contributed by atoms with Crippen LogP contribution in [-0.4, -0.2) is 0 Å². The normalized spacial score (nSPS) is 16.5. The van der Waals surface area contributed by atoms with Crippen LogP contribution >= 0.6 is 0 Å². The molecule has 4 aliphatic rings. The van der Waals surface area contributed by atoms with Gasteiger partial charge in [-0.15, -0.1) is 0 Å². The number of hydrogen-bond acceptors (Lipinski definition) is 0. The van der Waals surface area contributed by atoms with Crippen LogP contribution in [0.5, 0.6) is 0 Å². The average molecular weight is 1010 g/mol. The molecule has 3 heterocycles. The lowest BCUT2D eigenvalue weighted by atomic mass is 9.86. The number of fused-ring (bicyclic) bond motifs is 9. The highest BCUT2D eigenvalue weighted by molar-refractivity contribution is 5.84. The fourth-order valence-electron chi connectivity index (χ4n) is 12.8. The molecule has 0 aliphatic heterocycles.